The zero-order valence-corrected chi connectivity index (χ0v) is 12.9. The van der Waals surface area contributed by atoms with E-state index in [0.717, 1.165) is 6.92 Å². The van der Waals surface area contributed by atoms with Gasteiger partial charge in [-0.1, -0.05) is 0 Å². The van der Waals surface area contributed by atoms with Crippen molar-refractivity contribution in [3.63, 3.8) is 0 Å². The van der Waals surface area contributed by atoms with E-state index in [9.17, 15) is 30.6 Å². The third-order valence-electron chi connectivity index (χ3n) is 3.43. The molecule has 1 fully saturated rings. The summed E-state index contributed by atoms with van der Waals surface area (Å²) in [7, 11) is 0. The van der Waals surface area contributed by atoms with Crippen LogP contribution in [0.1, 0.15) is 6.92 Å². The Hall–Kier alpha value is -2.77. The first-order valence-corrected chi connectivity index (χ1v) is 6.89. The van der Waals surface area contributed by atoms with E-state index in [-0.39, 0.29) is 0 Å². The third kappa shape index (κ3) is 4.01. The summed E-state index contributed by atoms with van der Waals surface area (Å²) in [5.41, 5.74) is -2.62. The highest BCUT2D eigenvalue weighted by Crippen LogP contribution is 2.30. The molecule has 1 aliphatic rings. The van der Waals surface area contributed by atoms with E-state index < -0.39 is 54.8 Å². The number of ether oxygens (including phenoxy) is 3. The van der Waals surface area contributed by atoms with Crippen molar-refractivity contribution in [1.82, 2.24) is 0 Å². The fourth-order valence-electron chi connectivity index (χ4n) is 2.14. The van der Waals surface area contributed by atoms with Crippen LogP contribution in [-0.2, 0) is 19.0 Å². The van der Waals surface area contributed by atoms with Gasteiger partial charge in [0.1, 0.15) is 30.5 Å². The molecular weight excluding hydrogens is 336 g/mol. The number of rotatable bonds is 5. The van der Waals surface area contributed by atoms with E-state index >= 15 is 0 Å². The lowest BCUT2D eigenvalue weighted by atomic mass is 9.91. The van der Waals surface area contributed by atoms with Crippen molar-refractivity contribution in [1.29, 1.82) is 21.0 Å². The molecule has 1 unspecified atom stereocenters. The van der Waals surface area contributed by atoms with Crippen LogP contribution in [0.5, 0.6) is 0 Å². The first-order chi connectivity index (χ1) is 11.8. The second-order valence-corrected chi connectivity index (χ2v) is 5.05. The van der Waals surface area contributed by atoms with E-state index in [2.05, 4.69) is 0 Å². The van der Waals surface area contributed by atoms with Crippen molar-refractivity contribution in [2.75, 3.05) is 6.61 Å². The molecule has 0 amide bonds. The summed E-state index contributed by atoms with van der Waals surface area (Å²) < 4.78 is 15.1. The van der Waals surface area contributed by atoms with Gasteiger partial charge < -0.3 is 29.5 Å². The Balaban J connectivity index is 3.26. The SMILES string of the molecule is CC(=O)O[C@H]1C(OC(C#N)(C#N)C(C#N)C#N)O[C@H](CO)[C@@H](O)[C@@H]1O. The van der Waals surface area contributed by atoms with Crippen molar-refractivity contribution in [3.8, 4) is 24.3 Å². The lowest BCUT2D eigenvalue weighted by Gasteiger charge is -2.42. The number of carbonyl (C=O) groups is 1. The van der Waals surface area contributed by atoms with Crippen LogP contribution in [0.25, 0.3) is 0 Å². The van der Waals surface area contributed by atoms with Gasteiger partial charge in [0.2, 0.25) is 6.29 Å². The second kappa shape index (κ2) is 8.36. The maximum absolute atomic E-state index is 11.2. The van der Waals surface area contributed by atoms with Crippen molar-refractivity contribution >= 4 is 5.97 Å². The minimum atomic E-state index is -2.62. The van der Waals surface area contributed by atoms with Crippen LogP contribution < -0.4 is 0 Å². The van der Waals surface area contributed by atoms with Crippen molar-refractivity contribution < 1.29 is 34.3 Å². The smallest absolute Gasteiger partial charge is 0.303 e. The number of aliphatic hydroxyl groups excluding tert-OH is 3. The van der Waals surface area contributed by atoms with Crippen LogP contribution in [0, 0.1) is 51.2 Å². The van der Waals surface area contributed by atoms with Crippen LogP contribution in [0.15, 0.2) is 0 Å². The number of nitriles is 4. The second-order valence-electron chi connectivity index (χ2n) is 5.05. The first kappa shape index (κ1) is 20.3. The predicted octanol–water partition coefficient (Wildman–Crippen LogP) is -2.18. The lowest BCUT2D eigenvalue weighted by Crippen LogP contribution is -2.62. The summed E-state index contributed by atoms with van der Waals surface area (Å²) in [6.45, 7) is 0.223. The molecule has 25 heavy (non-hydrogen) atoms. The van der Waals surface area contributed by atoms with Crippen LogP contribution in [0.3, 0.4) is 0 Å². The Bertz CT molecular complexity index is 643. The molecule has 0 aromatic rings. The molecule has 3 N–H and O–H groups in total. The Morgan fingerprint density at radius 1 is 1.20 bits per heavy atom. The number of esters is 1. The summed E-state index contributed by atoms with van der Waals surface area (Å²) in [6, 6.07) is 5.64. The van der Waals surface area contributed by atoms with E-state index in [1.807, 2.05) is 0 Å². The quantitative estimate of drug-likeness (QED) is 0.455. The van der Waals surface area contributed by atoms with Gasteiger partial charge in [0.25, 0.3) is 5.60 Å². The zero-order valence-electron chi connectivity index (χ0n) is 12.9. The number of hydrogen-bond acceptors (Lipinski definition) is 11. The predicted molar refractivity (Wildman–Crippen MR) is 73.1 cm³/mol. The normalized spacial score (nSPS) is 28.9. The van der Waals surface area contributed by atoms with Gasteiger partial charge in [-0.2, -0.15) is 21.0 Å². The van der Waals surface area contributed by atoms with Gasteiger partial charge in [-0.15, -0.1) is 0 Å². The molecule has 1 rings (SSSR count). The lowest BCUT2D eigenvalue weighted by molar-refractivity contribution is -0.318. The molecule has 0 bridgehead atoms. The fraction of sp³-hybridized carbons (Fsp3) is 0.643. The largest absolute Gasteiger partial charge is 0.454 e. The number of hydrogen-bond donors (Lipinski definition) is 3. The van der Waals surface area contributed by atoms with Gasteiger partial charge in [0, 0.05) is 6.92 Å². The Morgan fingerprint density at radius 3 is 2.16 bits per heavy atom. The average Bonchev–Trinajstić information content (AvgIpc) is 2.60. The van der Waals surface area contributed by atoms with E-state index in [0.29, 0.717) is 0 Å². The molecule has 0 aromatic carbocycles. The maximum Gasteiger partial charge on any atom is 0.303 e. The van der Waals surface area contributed by atoms with Gasteiger partial charge in [-0.05, 0) is 0 Å². The van der Waals surface area contributed by atoms with Crippen LogP contribution >= 0.6 is 0 Å². The molecule has 0 aromatic heterocycles. The minimum absolute atomic E-state index is 0.767. The Labute approximate surface area is 142 Å². The number of carbonyl (C=O) groups excluding carboxylic acids is 1. The molecule has 1 aliphatic heterocycles. The van der Waals surface area contributed by atoms with E-state index in [1.165, 1.54) is 24.3 Å². The molecule has 5 atom stereocenters. The van der Waals surface area contributed by atoms with Gasteiger partial charge >= 0.3 is 5.97 Å². The molecule has 1 saturated heterocycles. The molecule has 0 saturated carbocycles. The standard InChI is InChI=1S/C14H14N4O7/c1-7(20)23-12-11(22)10(21)9(4-19)24-13(12)25-14(5-17,6-18)8(2-15)3-16/h8-13,19,21-22H,4H2,1H3/t9-,10-,11+,12-,13?/m1/s1. The molecular formula is C14H14N4O7. The number of aliphatic hydroxyl groups is 3. The van der Waals surface area contributed by atoms with Gasteiger partial charge in [0.15, 0.2) is 12.0 Å². The Kier molecular flexibility index (Phi) is 6.78. The van der Waals surface area contributed by atoms with Gasteiger partial charge in [0.05, 0.1) is 18.7 Å². The van der Waals surface area contributed by atoms with Crippen molar-refractivity contribution in [2.45, 2.75) is 43.2 Å². The molecule has 1 heterocycles. The molecule has 0 radical (unpaired) electrons. The van der Waals surface area contributed by atoms with Crippen LogP contribution in [0.4, 0.5) is 0 Å². The molecule has 11 heteroatoms. The van der Waals surface area contributed by atoms with Crippen molar-refractivity contribution in [2.24, 2.45) is 5.92 Å². The first-order valence-electron chi connectivity index (χ1n) is 6.89. The zero-order chi connectivity index (χ0) is 19.2. The average molecular weight is 350 g/mol. The van der Waals surface area contributed by atoms with Gasteiger partial charge in [-0.25, -0.2) is 0 Å². The Morgan fingerprint density at radius 2 is 1.76 bits per heavy atom. The number of nitrogens with zero attached hydrogens (tertiary/aromatic N) is 4. The summed E-state index contributed by atoms with van der Waals surface area (Å²) in [5.74, 6) is -2.74. The van der Waals surface area contributed by atoms with Gasteiger partial charge in [-0.3, -0.25) is 4.79 Å². The monoisotopic (exact) mass is 350 g/mol. The van der Waals surface area contributed by atoms with Crippen LogP contribution in [-0.4, -0.2) is 64.2 Å². The highest BCUT2D eigenvalue weighted by molar-refractivity contribution is 5.66. The molecule has 0 spiro atoms. The van der Waals surface area contributed by atoms with Crippen molar-refractivity contribution in [3.05, 3.63) is 0 Å². The summed E-state index contributed by atoms with van der Waals surface area (Å²) in [6.07, 6.45) is -8.30. The fourth-order valence-corrected chi connectivity index (χ4v) is 2.14. The summed E-state index contributed by atoms with van der Waals surface area (Å²) in [4.78, 5) is 11.2. The highest BCUT2D eigenvalue weighted by Gasteiger charge is 2.52. The topological polar surface area (TPSA) is 201 Å². The summed E-state index contributed by atoms with van der Waals surface area (Å²) >= 11 is 0. The summed E-state index contributed by atoms with van der Waals surface area (Å²) in [5, 5.41) is 65.4. The maximum atomic E-state index is 11.2. The van der Waals surface area contributed by atoms with E-state index in [1.54, 1.807) is 0 Å². The molecule has 132 valence electrons. The minimum Gasteiger partial charge on any atom is -0.454 e. The third-order valence-corrected chi connectivity index (χ3v) is 3.43. The molecule has 0 aliphatic carbocycles. The molecule has 11 nitrogen and oxygen atoms in total. The van der Waals surface area contributed by atoms with E-state index in [4.69, 9.17) is 24.7 Å². The van der Waals surface area contributed by atoms with Crippen LogP contribution in [0.2, 0.25) is 0 Å². The highest BCUT2D eigenvalue weighted by atomic mass is 16.7.